The van der Waals surface area contributed by atoms with E-state index in [1.165, 1.54) is 0 Å². The minimum Gasteiger partial charge on any atom is -0.476 e. The molecule has 0 aromatic heterocycles. The van der Waals surface area contributed by atoms with E-state index in [-0.39, 0.29) is 6.61 Å². The number of rotatable bonds is 2. The number of ether oxygens (including phenoxy) is 1. The third-order valence-electron chi connectivity index (χ3n) is 2.00. The minimum atomic E-state index is 0.0263. The van der Waals surface area contributed by atoms with Gasteiger partial charge < -0.3 is 9.84 Å². The summed E-state index contributed by atoms with van der Waals surface area (Å²) in [6.45, 7) is 1.39. The van der Waals surface area contributed by atoms with Gasteiger partial charge in [0.05, 0.1) is 13.2 Å². The summed E-state index contributed by atoms with van der Waals surface area (Å²) in [4.78, 5) is 4.20. The van der Waals surface area contributed by atoms with E-state index in [0.717, 1.165) is 17.7 Å². The maximum Gasteiger partial charge on any atom is 0.216 e. The molecule has 3 nitrogen and oxygen atoms in total. The van der Waals surface area contributed by atoms with Crippen molar-refractivity contribution < 1.29 is 9.84 Å². The van der Waals surface area contributed by atoms with Crippen molar-refractivity contribution in [3.05, 3.63) is 35.4 Å². The van der Waals surface area contributed by atoms with Crippen LogP contribution in [0, 0.1) is 0 Å². The first kappa shape index (κ1) is 8.26. The molecule has 1 N–H and O–H groups in total. The van der Waals surface area contributed by atoms with E-state index < -0.39 is 0 Å². The smallest absolute Gasteiger partial charge is 0.216 e. The third kappa shape index (κ3) is 1.55. The fourth-order valence-corrected chi connectivity index (χ4v) is 1.36. The first-order valence-corrected chi connectivity index (χ1v) is 4.28. The second kappa shape index (κ2) is 3.58. The van der Waals surface area contributed by atoms with E-state index in [1.807, 2.05) is 24.3 Å². The van der Waals surface area contributed by atoms with Crippen LogP contribution >= 0.6 is 0 Å². The van der Waals surface area contributed by atoms with Gasteiger partial charge in [0, 0.05) is 5.56 Å². The summed E-state index contributed by atoms with van der Waals surface area (Å²) < 4.78 is 5.32. The summed E-state index contributed by atoms with van der Waals surface area (Å²) in [6.07, 6.45) is 0. The second-order valence-corrected chi connectivity index (χ2v) is 2.85. The number of nitrogens with zero attached hydrogens (tertiary/aromatic N) is 1. The van der Waals surface area contributed by atoms with E-state index >= 15 is 0 Å². The molecule has 0 radical (unpaired) electrons. The Kier molecular flexibility index (Phi) is 2.27. The zero-order valence-electron chi connectivity index (χ0n) is 7.23. The van der Waals surface area contributed by atoms with Crippen LogP contribution in [-0.4, -0.2) is 24.2 Å². The number of aliphatic hydroxyl groups excluding tert-OH is 1. The average molecular weight is 177 g/mol. The Bertz CT molecular complexity index is 333. The summed E-state index contributed by atoms with van der Waals surface area (Å²) in [5, 5.41) is 9.07. The lowest BCUT2D eigenvalue weighted by Gasteiger charge is -2.05. The van der Waals surface area contributed by atoms with Crippen molar-refractivity contribution in [3.63, 3.8) is 0 Å². The fraction of sp³-hybridized carbons (Fsp3) is 0.300. The molecule has 0 bridgehead atoms. The molecular weight excluding hydrogens is 166 g/mol. The van der Waals surface area contributed by atoms with Crippen molar-refractivity contribution in [1.29, 1.82) is 0 Å². The third-order valence-corrected chi connectivity index (χ3v) is 2.00. The fourth-order valence-electron chi connectivity index (χ4n) is 1.36. The zero-order chi connectivity index (χ0) is 9.10. The Balaban J connectivity index is 2.38. The van der Waals surface area contributed by atoms with Gasteiger partial charge >= 0.3 is 0 Å². The average Bonchev–Trinajstić information content (AvgIpc) is 2.70. The highest BCUT2D eigenvalue weighted by molar-refractivity contribution is 5.96. The van der Waals surface area contributed by atoms with Crippen molar-refractivity contribution in [2.75, 3.05) is 13.2 Å². The van der Waals surface area contributed by atoms with Crippen LogP contribution in [0.3, 0.4) is 0 Å². The Hall–Kier alpha value is -1.35. The molecule has 68 valence electrons. The molecule has 1 aliphatic heterocycles. The van der Waals surface area contributed by atoms with E-state index in [2.05, 4.69) is 4.99 Å². The predicted octanol–water partition coefficient (Wildman–Crippen LogP) is 0.956. The van der Waals surface area contributed by atoms with Crippen LogP contribution in [0.1, 0.15) is 11.1 Å². The summed E-state index contributed by atoms with van der Waals surface area (Å²) in [6, 6.07) is 7.60. The highest BCUT2D eigenvalue weighted by atomic mass is 16.5. The van der Waals surface area contributed by atoms with E-state index in [0.29, 0.717) is 12.5 Å². The zero-order valence-corrected chi connectivity index (χ0v) is 7.23. The summed E-state index contributed by atoms with van der Waals surface area (Å²) >= 11 is 0. The van der Waals surface area contributed by atoms with E-state index in [4.69, 9.17) is 9.84 Å². The largest absolute Gasteiger partial charge is 0.476 e. The van der Waals surface area contributed by atoms with Gasteiger partial charge in [-0.3, -0.25) is 0 Å². The van der Waals surface area contributed by atoms with Crippen LogP contribution < -0.4 is 0 Å². The van der Waals surface area contributed by atoms with Crippen molar-refractivity contribution >= 4 is 5.90 Å². The molecule has 0 spiro atoms. The molecule has 0 saturated heterocycles. The van der Waals surface area contributed by atoms with Crippen molar-refractivity contribution in [2.24, 2.45) is 4.99 Å². The van der Waals surface area contributed by atoms with Crippen LogP contribution in [0.5, 0.6) is 0 Å². The lowest BCUT2D eigenvalue weighted by molar-refractivity contribution is 0.280. The van der Waals surface area contributed by atoms with Gasteiger partial charge in [0.15, 0.2) is 0 Å². The van der Waals surface area contributed by atoms with Crippen molar-refractivity contribution in [1.82, 2.24) is 0 Å². The van der Waals surface area contributed by atoms with E-state index in [9.17, 15) is 0 Å². The normalized spacial score (nSPS) is 15.3. The number of aliphatic hydroxyl groups is 1. The second-order valence-electron chi connectivity index (χ2n) is 2.85. The van der Waals surface area contributed by atoms with Crippen LogP contribution in [0.4, 0.5) is 0 Å². The molecule has 0 unspecified atom stereocenters. The molecule has 13 heavy (non-hydrogen) atoms. The van der Waals surface area contributed by atoms with Gasteiger partial charge in [-0.05, 0) is 11.6 Å². The maximum absolute atomic E-state index is 9.07. The predicted molar refractivity (Wildman–Crippen MR) is 49.7 cm³/mol. The molecule has 0 fully saturated rings. The van der Waals surface area contributed by atoms with Gasteiger partial charge in [-0.2, -0.15) is 0 Å². The summed E-state index contributed by atoms with van der Waals surface area (Å²) in [5.41, 5.74) is 1.77. The van der Waals surface area contributed by atoms with Crippen LogP contribution in [0.15, 0.2) is 29.3 Å². The molecule has 0 atom stereocenters. The first-order valence-electron chi connectivity index (χ1n) is 4.28. The monoisotopic (exact) mass is 177 g/mol. The molecule has 0 aliphatic carbocycles. The van der Waals surface area contributed by atoms with Gasteiger partial charge in [-0.1, -0.05) is 18.2 Å². The molecule has 1 heterocycles. The summed E-state index contributed by atoms with van der Waals surface area (Å²) in [5.74, 6) is 0.657. The Labute approximate surface area is 76.7 Å². The van der Waals surface area contributed by atoms with Gasteiger partial charge in [0.1, 0.15) is 6.61 Å². The lowest BCUT2D eigenvalue weighted by Crippen LogP contribution is -2.05. The van der Waals surface area contributed by atoms with Crippen LogP contribution in [0.2, 0.25) is 0 Å². The lowest BCUT2D eigenvalue weighted by atomic mass is 10.1. The number of hydrogen-bond acceptors (Lipinski definition) is 3. The topological polar surface area (TPSA) is 41.8 Å². The Morgan fingerprint density at radius 2 is 2.23 bits per heavy atom. The molecule has 3 heteroatoms. The van der Waals surface area contributed by atoms with Gasteiger partial charge in [0.25, 0.3) is 0 Å². The highest BCUT2D eigenvalue weighted by Crippen LogP contribution is 2.13. The first-order chi connectivity index (χ1) is 6.42. The molecule has 2 rings (SSSR count). The Morgan fingerprint density at radius 1 is 1.38 bits per heavy atom. The van der Waals surface area contributed by atoms with Crippen LogP contribution in [0.25, 0.3) is 0 Å². The molecule has 0 amide bonds. The molecular formula is C10H11NO2. The molecule has 0 saturated carbocycles. The SMILES string of the molecule is OCc1ccccc1C1=NCCO1. The maximum atomic E-state index is 9.07. The molecule has 1 aromatic carbocycles. The van der Waals surface area contributed by atoms with Crippen molar-refractivity contribution in [2.45, 2.75) is 6.61 Å². The number of hydrogen-bond donors (Lipinski definition) is 1. The summed E-state index contributed by atoms with van der Waals surface area (Å²) in [7, 11) is 0. The van der Waals surface area contributed by atoms with Gasteiger partial charge in [0.2, 0.25) is 5.90 Å². The van der Waals surface area contributed by atoms with Gasteiger partial charge in [-0.15, -0.1) is 0 Å². The van der Waals surface area contributed by atoms with E-state index in [1.54, 1.807) is 0 Å². The molecule has 1 aliphatic rings. The van der Waals surface area contributed by atoms with Gasteiger partial charge in [-0.25, -0.2) is 4.99 Å². The van der Waals surface area contributed by atoms with Crippen molar-refractivity contribution in [3.8, 4) is 0 Å². The number of aliphatic imine (C=N–C) groups is 1. The Morgan fingerprint density at radius 3 is 2.92 bits per heavy atom. The number of benzene rings is 1. The highest BCUT2D eigenvalue weighted by Gasteiger charge is 2.12. The molecule has 1 aromatic rings. The standard InChI is InChI=1S/C10H11NO2/c12-7-8-3-1-2-4-9(8)10-11-5-6-13-10/h1-4,12H,5-7H2. The van der Waals surface area contributed by atoms with Crippen LogP contribution in [-0.2, 0) is 11.3 Å². The minimum absolute atomic E-state index is 0.0263. The quantitative estimate of drug-likeness (QED) is 0.731.